The summed E-state index contributed by atoms with van der Waals surface area (Å²) >= 11 is 6.12. The lowest BCUT2D eigenvalue weighted by Gasteiger charge is -2.35. The summed E-state index contributed by atoms with van der Waals surface area (Å²) in [5, 5.41) is 2.98. The Morgan fingerprint density at radius 3 is 2.45 bits per heavy atom. The first-order valence-electron chi connectivity index (χ1n) is 9.88. The number of sulfonamides is 1. The van der Waals surface area contributed by atoms with Gasteiger partial charge in [0.15, 0.2) is 0 Å². The van der Waals surface area contributed by atoms with Gasteiger partial charge in [0.2, 0.25) is 0 Å². The fourth-order valence-electron chi connectivity index (χ4n) is 3.46. The second-order valence-electron chi connectivity index (χ2n) is 7.53. The first-order chi connectivity index (χ1) is 14.6. The first kappa shape index (κ1) is 23.5. The van der Waals surface area contributed by atoms with E-state index in [0.29, 0.717) is 13.1 Å². The van der Waals surface area contributed by atoms with Gasteiger partial charge in [0.05, 0.1) is 27.8 Å². The smallest absolute Gasteiger partial charge is 0.261 e. The number of hydrogen-bond donors (Lipinski definition) is 2. The van der Waals surface area contributed by atoms with Crippen LogP contribution in [0.1, 0.15) is 24.2 Å². The summed E-state index contributed by atoms with van der Waals surface area (Å²) in [5.74, 6) is -0.884. The fourth-order valence-corrected chi connectivity index (χ4v) is 4.75. The van der Waals surface area contributed by atoms with E-state index in [9.17, 15) is 17.6 Å². The Morgan fingerprint density at radius 1 is 1.16 bits per heavy atom. The summed E-state index contributed by atoms with van der Waals surface area (Å²) < 4.78 is 46.2. The maximum absolute atomic E-state index is 13.1. The summed E-state index contributed by atoms with van der Waals surface area (Å²) in [5.41, 5.74) is 0.333. The molecule has 0 spiro atoms. The summed E-state index contributed by atoms with van der Waals surface area (Å²) in [4.78, 5) is 14.6. The molecule has 0 aromatic heterocycles. The molecule has 2 aromatic rings. The third-order valence-corrected chi connectivity index (χ3v) is 6.52. The quantitative estimate of drug-likeness (QED) is 0.650. The van der Waals surface area contributed by atoms with Gasteiger partial charge < -0.3 is 10.1 Å². The minimum atomic E-state index is -3.99. The summed E-state index contributed by atoms with van der Waals surface area (Å²) in [6.07, 6.45) is 0.291. The molecule has 1 amide bonds. The first-order valence-corrected chi connectivity index (χ1v) is 11.7. The Bertz CT molecular complexity index is 1020. The lowest BCUT2D eigenvalue weighted by Crippen LogP contribution is -2.47. The monoisotopic (exact) mass is 469 g/mol. The van der Waals surface area contributed by atoms with E-state index < -0.39 is 15.8 Å². The molecule has 1 aliphatic heterocycles. The number of benzene rings is 2. The number of halogens is 2. The number of carbonyl (C=O) groups excluding carboxylic acids is 1. The van der Waals surface area contributed by atoms with Gasteiger partial charge in [0.1, 0.15) is 5.82 Å². The van der Waals surface area contributed by atoms with Crippen LogP contribution in [0.5, 0.6) is 0 Å². The number of ether oxygens (including phenoxy) is 1. The number of rotatable bonds is 7. The van der Waals surface area contributed by atoms with E-state index in [1.807, 2.05) is 13.8 Å². The van der Waals surface area contributed by atoms with Crippen LogP contribution in [0.2, 0.25) is 5.02 Å². The van der Waals surface area contributed by atoms with Gasteiger partial charge in [-0.05, 0) is 56.3 Å². The van der Waals surface area contributed by atoms with Gasteiger partial charge in [0.25, 0.3) is 15.9 Å². The fraction of sp³-hybridized carbons (Fsp3) is 0.381. The average molecular weight is 470 g/mol. The molecule has 0 saturated carbocycles. The number of amides is 1. The summed E-state index contributed by atoms with van der Waals surface area (Å²) in [6, 6.07) is 8.74. The molecule has 1 aliphatic rings. The molecule has 1 saturated heterocycles. The zero-order valence-corrected chi connectivity index (χ0v) is 18.8. The average Bonchev–Trinajstić information content (AvgIpc) is 2.69. The molecule has 7 nitrogen and oxygen atoms in total. The van der Waals surface area contributed by atoms with E-state index in [-0.39, 0.29) is 39.3 Å². The molecular weight excluding hydrogens is 445 g/mol. The van der Waals surface area contributed by atoms with Crippen molar-refractivity contribution in [1.29, 1.82) is 0 Å². The Morgan fingerprint density at radius 2 is 1.81 bits per heavy atom. The molecule has 31 heavy (non-hydrogen) atoms. The lowest BCUT2D eigenvalue weighted by atomic mass is 10.2. The number of hydrogen-bond acceptors (Lipinski definition) is 5. The predicted molar refractivity (Wildman–Crippen MR) is 117 cm³/mol. The van der Waals surface area contributed by atoms with Crippen LogP contribution in [-0.2, 0) is 14.8 Å². The van der Waals surface area contributed by atoms with Crippen LogP contribution in [0, 0.1) is 5.82 Å². The van der Waals surface area contributed by atoms with Crippen molar-refractivity contribution in [2.24, 2.45) is 0 Å². The van der Waals surface area contributed by atoms with Crippen LogP contribution in [0.15, 0.2) is 47.4 Å². The Labute approximate surface area is 186 Å². The third-order valence-electron chi connectivity index (χ3n) is 4.81. The third kappa shape index (κ3) is 6.39. The van der Waals surface area contributed by atoms with Crippen molar-refractivity contribution in [2.75, 3.05) is 30.9 Å². The largest absolute Gasteiger partial charge is 0.373 e. The highest BCUT2D eigenvalue weighted by Crippen LogP contribution is 2.26. The molecule has 0 bridgehead atoms. The number of nitrogens with zero attached hydrogens (tertiary/aromatic N) is 1. The highest BCUT2D eigenvalue weighted by atomic mass is 35.5. The maximum atomic E-state index is 13.1. The van der Waals surface area contributed by atoms with Gasteiger partial charge in [-0.25, -0.2) is 12.8 Å². The van der Waals surface area contributed by atoms with E-state index >= 15 is 0 Å². The SMILES string of the molecule is CC1CN(CCNC(=O)c2ccc(Cl)c(NS(=O)(=O)c3ccc(F)cc3)c2)CC(C)O1. The highest BCUT2D eigenvalue weighted by Gasteiger charge is 2.22. The van der Waals surface area contributed by atoms with Crippen LogP contribution in [-0.4, -0.2) is 57.6 Å². The molecule has 1 heterocycles. The number of anilines is 1. The van der Waals surface area contributed by atoms with Crippen LogP contribution in [0.25, 0.3) is 0 Å². The number of nitrogens with one attached hydrogen (secondary N) is 2. The van der Waals surface area contributed by atoms with Gasteiger partial charge in [-0.1, -0.05) is 11.6 Å². The van der Waals surface area contributed by atoms with E-state index in [1.165, 1.54) is 18.2 Å². The zero-order valence-electron chi connectivity index (χ0n) is 17.3. The second-order valence-corrected chi connectivity index (χ2v) is 9.62. The maximum Gasteiger partial charge on any atom is 0.261 e. The Kier molecular flexibility index (Phi) is 7.53. The van der Waals surface area contributed by atoms with Crippen LogP contribution >= 0.6 is 11.6 Å². The van der Waals surface area contributed by atoms with Crippen molar-refractivity contribution in [1.82, 2.24) is 10.2 Å². The van der Waals surface area contributed by atoms with E-state index in [0.717, 1.165) is 37.4 Å². The topological polar surface area (TPSA) is 87.7 Å². The molecule has 2 unspecified atom stereocenters. The van der Waals surface area contributed by atoms with Crippen LogP contribution in [0.3, 0.4) is 0 Å². The molecule has 2 N–H and O–H groups in total. The van der Waals surface area contributed by atoms with Gasteiger partial charge in [-0.15, -0.1) is 0 Å². The van der Waals surface area contributed by atoms with Gasteiger partial charge >= 0.3 is 0 Å². The molecule has 1 fully saturated rings. The minimum absolute atomic E-state index is 0.0643. The van der Waals surface area contributed by atoms with Crippen molar-refractivity contribution in [2.45, 2.75) is 31.0 Å². The summed E-state index contributed by atoms with van der Waals surface area (Å²) in [6.45, 7) is 6.76. The van der Waals surface area contributed by atoms with Gasteiger partial charge in [-0.3, -0.25) is 14.4 Å². The molecule has 0 aliphatic carbocycles. The molecule has 0 radical (unpaired) electrons. The molecular formula is C21H25ClFN3O4S. The summed E-state index contributed by atoms with van der Waals surface area (Å²) in [7, 11) is -3.99. The van der Waals surface area contributed by atoms with Crippen molar-refractivity contribution in [3.63, 3.8) is 0 Å². The minimum Gasteiger partial charge on any atom is -0.373 e. The van der Waals surface area contributed by atoms with Crippen molar-refractivity contribution >= 4 is 33.2 Å². The van der Waals surface area contributed by atoms with E-state index in [4.69, 9.17) is 16.3 Å². The predicted octanol–water partition coefficient (Wildman–Crippen LogP) is 3.12. The lowest BCUT2D eigenvalue weighted by molar-refractivity contribution is -0.0672. The molecule has 10 heteroatoms. The van der Waals surface area contributed by atoms with E-state index in [2.05, 4.69) is 14.9 Å². The molecule has 3 rings (SSSR count). The molecule has 2 atom stereocenters. The van der Waals surface area contributed by atoms with Crippen molar-refractivity contribution in [3.8, 4) is 0 Å². The molecule has 2 aromatic carbocycles. The van der Waals surface area contributed by atoms with Gasteiger partial charge in [-0.2, -0.15) is 0 Å². The van der Waals surface area contributed by atoms with Crippen LogP contribution in [0.4, 0.5) is 10.1 Å². The number of morpholine rings is 1. The zero-order chi connectivity index (χ0) is 22.6. The molecule has 168 valence electrons. The van der Waals surface area contributed by atoms with Crippen LogP contribution < -0.4 is 10.0 Å². The second kappa shape index (κ2) is 9.95. The standard InChI is InChI=1S/C21H25ClFN3O4S/c1-14-12-26(13-15(2)30-14)10-9-24-21(27)16-3-8-19(22)20(11-16)25-31(28,29)18-6-4-17(23)5-7-18/h3-8,11,14-15,25H,9-10,12-13H2,1-2H3,(H,24,27). The number of carbonyl (C=O) groups is 1. The van der Waals surface area contributed by atoms with Gasteiger partial charge in [0, 0.05) is 31.7 Å². The Balaban J connectivity index is 1.63. The highest BCUT2D eigenvalue weighted by molar-refractivity contribution is 7.92. The normalized spacial score (nSPS) is 19.7. The van der Waals surface area contributed by atoms with Crippen molar-refractivity contribution < 1.29 is 22.3 Å². The van der Waals surface area contributed by atoms with Crippen molar-refractivity contribution in [3.05, 3.63) is 58.9 Å². The Hall–Kier alpha value is -2.20. The van der Waals surface area contributed by atoms with E-state index in [1.54, 1.807) is 0 Å².